The summed E-state index contributed by atoms with van der Waals surface area (Å²) in [6.07, 6.45) is 6.00. The van der Waals surface area contributed by atoms with E-state index in [9.17, 15) is 14.4 Å². The molecule has 0 aliphatic heterocycles. The average Bonchev–Trinajstić information content (AvgIpc) is 3.51. The zero-order chi connectivity index (χ0) is 22.2. The Morgan fingerprint density at radius 2 is 1.94 bits per heavy atom. The highest BCUT2D eigenvalue weighted by atomic mass is 32.2. The molecule has 2 aliphatic rings. The summed E-state index contributed by atoms with van der Waals surface area (Å²) in [4.78, 5) is 45.1. The van der Waals surface area contributed by atoms with E-state index in [0.29, 0.717) is 16.2 Å². The number of nitrogens with one attached hydrogen (secondary N) is 2. The zero-order valence-electron chi connectivity index (χ0n) is 17.7. The van der Waals surface area contributed by atoms with E-state index in [1.165, 1.54) is 16.6 Å². The number of urea groups is 1. The third-order valence-electron chi connectivity index (χ3n) is 5.77. The number of hydrogen-bond donors (Lipinski definition) is 2. The molecule has 2 N–H and O–H groups in total. The van der Waals surface area contributed by atoms with E-state index in [1.54, 1.807) is 22.8 Å². The van der Waals surface area contributed by atoms with Crippen LogP contribution in [-0.2, 0) is 17.6 Å². The minimum atomic E-state index is -0.603. The number of carbonyl (C=O) groups is 2. The molecule has 2 heterocycles. The Morgan fingerprint density at radius 3 is 2.69 bits per heavy atom. The highest BCUT2D eigenvalue weighted by molar-refractivity contribution is 8.00. The standard InChI is InChI=1S/C23H24N4O3S2/c1-13(19(28)25-22(30)24-14-11-12-14)31-23-26-20-18(16-9-5-6-10-17(16)32-20)21(29)27(23)15-7-3-2-4-8-15/h2-4,7-8,13-14H,5-6,9-12H2,1H3,(H2,24,25,28,30). The average molecular weight is 469 g/mol. The second-order valence-electron chi connectivity index (χ2n) is 8.26. The molecule has 1 aromatic carbocycles. The van der Waals surface area contributed by atoms with Crippen molar-refractivity contribution in [1.29, 1.82) is 0 Å². The maximum absolute atomic E-state index is 13.7. The number of rotatable bonds is 5. The topological polar surface area (TPSA) is 93.1 Å². The number of benzene rings is 1. The first-order valence-corrected chi connectivity index (χ1v) is 12.6. The highest BCUT2D eigenvalue weighted by Crippen LogP contribution is 2.35. The molecule has 32 heavy (non-hydrogen) atoms. The molecule has 5 rings (SSSR count). The maximum Gasteiger partial charge on any atom is 0.321 e. The molecule has 1 saturated carbocycles. The van der Waals surface area contributed by atoms with Gasteiger partial charge in [-0.3, -0.25) is 19.5 Å². The second-order valence-corrected chi connectivity index (χ2v) is 10.7. The van der Waals surface area contributed by atoms with Crippen LogP contribution in [0.1, 0.15) is 43.0 Å². The molecule has 1 atom stereocenters. The molecule has 166 valence electrons. The lowest BCUT2D eigenvalue weighted by atomic mass is 9.97. The Balaban J connectivity index is 1.51. The number of aryl methyl sites for hydroxylation is 2. The third-order valence-corrected chi connectivity index (χ3v) is 8.01. The number of hydrogen-bond acceptors (Lipinski definition) is 6. The van der Waals surface area contributed by atoms with Gasteiger partial charge in [0.15, 0.2) is 5.16 Å². The van der Waals surface area contributed by atoms with Gasteiger partial charge in [-0.2, -0.15) is 0 Å². The Hall–Kier alpha value is -2.65. The highest BCUT2D eigenvalue weighted by Gasteiger charge is 2.27. The van der Waals surface area contributed by atoms with E-state index in [1.807, 2.05) is 30.3 Å². The number of thiophene rings is 1. The number of carbonyl (C=O) groups excluding carboxylic acids is 2. The van der Waals surface area contributed by atoms with Crippen molar-refractivity contribution in [2.75, 3.05) is 0 Å². The van der Waals surface area contributed by atoms with Crippen molar-refractivity contribution in [3.63, 3.8) is 0 Å². The SMILES string of the molecule is CC(Sc1nc2sc3c(c2c(=O)n1-c1ccccc1)CCCC3)C(=O)NC(=O)NC1CC1. The van der Waals surface area contributed by atoms with Crippen molar-refractivity contribution in [1.82, 2.24) is 20.2 Å². The van der Waals surface area contributed by atoms with E-state index in [4.69, 9.17) is 4.98 Å². The van der Waals surface area contributed by atoms with Crippen LogP contribution < -0.4 is 16.2 Å². The summed E-state index contributed by atoms with van der Waals surface area (Å²) in [5.74, 6) is -0.410. The van der Waals surface area contributed by atoms with Gasteiger partial charge < -0.3 is 5.32 Å². The van der Waals surface area contributed by atoms with Crippen LogP contribution in [0.4, 0.5) is 4.79 Å². The molecule has 0 saturated heterocycles. The molecule has 2 aromatic heterocycles. The quantitative estimate of drug-likeness (QED) is 0.439. The Kier molecular flexibility index (Phi) is 5.77. The third kappa shape index (κ3) is 4.19. The lowest BCUT2D eigenvalue weighted by Crippen LogP contribution is -2.43. The first kappa shape index (κ1) is 21.2. The lowest BCUT2D eigenvalue weighted by Gasteiger charge is -2.16. The van der Waals surface area contributed by atoms with E-state index >= 15 is 0 Å². The first-order valence-electron chi connectivity index (χ1n) is 10.9. The molecule has 1 fully saturated rings. The van der Waals surface area contributed by atoms with E-state index in [2.05, 4.69) is 10.6 Å². The van der Waals surface area contributed by atoms with Gasteiger partial charge in [0.05, 0.1) is 16.3 Å². The molecule has 2 aliphatic carbocycles. The van der Waals surface area contributed by atoms with E-state index < -0.39 is 17.2 Å². The first-order chi connectivity index (χ1) is 15.5. The summed E-state index contributed by atoms with van der Waals surface area (Å²) in [6.45, 7) is 1.72. The molecule has 0 spiro atoms. The summed E-state index contributed by atoms with van der Waals surface area (Å²) in [7, 11) is 0. The Bertz CT molecular complexity index is 1250. The number of nitrogens with zero attached hydrogens (tertiary/aromatic N) is 2. The van der Waals surface area contributed by atoms with Gasteiger partial charge in [-0.05, 0) is 63.1 Å². The van der Waals surface area contributed by atoms with Crippen LogP contribution in [0, 0.1) is 0 Å². The van der Waals surface area contributed by atoms with Crippen molar-refractivity contribution in [2.45, 2.75) is 61.9 Å². The van der Waals surface area contributed by atoms with E-state index in [0.717, 1.165) is 48.9 Å². The van der Waals surface area contributed by atoms with Crippen molar-refractivity contribution in [2.24, 2.45) is 0 Å². The monoisotopic (exact) mass is 468 g/mol. The number of imide groups is 1. The summed E-state index contributed by atoms with van der Waals surface area (Å²) >= 11 is 2.78. The van der Waals surface area contributed by atoms with Crippen molar-refractivity contribution in [3.05, 3.63) is 51.1 Å². The largest absolute Gasteiger partial charge is 0.335 e. The van der Waals surface area contributed by atoms with Crippen molar-refractivity contribution in [3.8, 4) is 5.69 Å². The minimum Gasteiger partial charge on any atom is -0.335 e. The minimum absolute atomic E-state index is 0.0952. The molecule has 9 heteroatoms. The van der Waals surface area contributed by atoms with Crippen LogP contribution in [0.3, 0.4) is 0 Å². The predicted octanol–water partition coefficient (Wildman–Crippen LogP) is 3.79. The molecule has 0 radical (unpaired) electrons. The number of para-hydroxylation sites is 1. The van der Waals surface area contributed by atoms with Gasteiger partial charge >= 0.3 is 6.03 Å². The van der Waals surface area contributed by atoms with Gasteiger partial charge in [0.25, 0.3) is 5.56 Å². The Morgan fingerprint density at radius 1 is 1.19 bits per heavy atom. The van der Waals surface area contributed by atoms with Crippen LogP contribution in [0.25, 0.3) is 15.9 Å². The summed E-state index contributed by atoms with van der Waals surface area (Å²) in [5, 5.41) is 5.71. The molecular formula is C23H24N4O3S2. The van der Waals surface area contributed by atoms with Crippen molar-refractivity contribution < 1.29 is 9.59 Å². The van der Waals surface area contributed by atoms with Gasteiger partial charge in [0.1, 0.15) is 4.83 Å². The van der Waals surface area contributed by atoms with Gasteiger partial charge in [0.2, 0.25) is 5.91 Å². The van der Waals surface area contributed by atoms with Gasteiger partial charge in [0, 0.05) is 10.9 Å². The van der Waals surface area contributed by atoms with Crippen LogP contribution in [-0.4, -0.2) is 32.8 Å². The molecule has 3 amide bonds. The second kappa shape index (κ2) is 8.71. The van der Waals surface area contributed by atoms with Gasteiger partial charge in [-0.1, -0.05) is 30.0 Å². The fraction of sp³-hybridized carbons (Fsp3) is 0.391. The normalized spacial score (nSPS) is 16.4. The van der Waals surface area contributed by atoms with Crippen LogP contribution >= 0.6 is 23.1 Å². The number of amides is 3. The fourth-order valence-corrected chi connectivity index (χ4v) is 6.17. The van der Waals surface area contributed by atoms with Crippen LogP contribution in [0.2, 0.25) is 0 Å². The van der Waals surface area contributed by atoms with Crippen LogP contribution in [0.5, 0.6) is 0 Å². The molecule has 0 bridgehead atoms. The number of thioether (sulfide) groups is 1. The number of fused-ring (bicyclic) bond motifs is 3. The molecule has 7 nitrogen and oxygen atoms in total. The maximum atomic E-state index is 13.7. The lowest BCUT2D eigenvalue weighted by molar-refractivity contribution is -0.119. The summed E-state index contributed by atoms with van der Waals surface area (Å²) in [6, 6.07) is 9.08. The van der Waals surface area contributed by atoms with E-state index in [-0.39, 0.29) is 11.6 Å². The smallest absolute Gasteiger partial charge is 0.321 e. The number of aromatic nitrogens is 2. The van der Waals surface area contributed by atoms with Crippen molar-refractivity contribution >= 4 is 45.3 Å². The molecular weight excluding hydrogens is 444 g/mol. The van der Waals surface area contributed by atoms with Gasteiger partial charge in [-0.25, -0.2) is 9.78 Å². The van der Waals surface area contributed by atoms with Gasteiger partial charge in [-0.15, -0.1) is 11.3 Å². The molecule has 3 aromatic rings. The summed E-state index contributed by atoms with van der Waals surface area (Å²) < 4.78 is 1.60. The molecule has 1 unspecified atom stereocenters. The fourth-order valence-electron chi connectivity index (χ4n) is 3.94. The van der Waals surface area contributed by atoms with Crippen LogP contribution in [0.15, 0.2) is 40.3 Å². The predicted molar refractivity (Wildman–Crippen MR) is 127 cm³/mol. The Labute approximate surface area is 193 Å². The zero-order valence-corrected chi connectivity index (χ0v) is 19.4. The summed E-state index contributed by atoms with van der Waals surface area (Å²) in [5.41, 5.74) is 1.75.